The second kappa shape index (κ2) is 6.80. The van der Waals surface area contributed by atoms with Gasteiger partial charge in [-0.1, -0.05) is 12.1 Å². The lowest BCUT2D eigenvalue weighted by Crippen LogP contribution is -2.17. The second-order valence-electron chi connectivity index (χ2n) is 4.18. The van der Waals surface area contributed by atoms with Crippen LogP contribution >= 0.6 is 31.9 Å². The molecule has 0 aliphatic rings. The maximum atomic E-state index is 11.8. The van der Waals surface area contributed by atoms with E-state index in [1.54, 1.807) is 12.1 Å². The van der Waals surface area contributed by atoms with Crippen molar-refractivity contribution in [3.05, 3.63) is 50.4 Å². The molecule has 0 atom stereocenters. The number of benzene rings is 2. The fourth-order valence-electron chi connectivity index (χ4n) is 1.60. The third-order valence-corrected chi connectivity index (χ3v) is 4.07. The SMILES string of the molecule is O=C(N/N=C/c1cc(Br)c(O)c(Br)c1O)c1ccccc1O. The Balaban J connectivity index is 2.17. The van der Waals surface area contributed by atoms with Crippen LogP contribution in [0.4, 0.5) is 0 Å². The van der Waals surface area contributed by atoms with Crippen molar-refractivity contribution in [2.45, 2.75) is 0 Å². The Bertz CT molecular complexity index is 763. The van der Waals surface area contributed by atoms with Crippen LogP contribution in [0.3, 0.4) is 0 Å². The largest absolute Gasteiger partial charge is 0.507 e. The van der Waals surface area contributed by atoms with E-state index in [-0.39, 0.29) is 32.8 Å². The first-order valence-corrected chi connectivity index (χ1v) is 7.51. The molecule has 22 heavy (non-hydrogen) atoms. The summed E-state index contributed by atoms with van der Waals surface area (Å²) in [5, 5.41) is 32.7. The van der Waals surface area contributed by atoms with Gasteiger partial charge in [-0.2, -0.15) is 5.10 Å². The molecule has 2 aromatic carbocycles. The molecule has 0 saturated heterocycles. The molecule has 2 rings (SSSR count). The minimum Gasteiger partial charge on any atom is -0.507 e. The van der Waals surface area contributed by atoms with E-state index in [0.29, 0.717) is 4.47 Å². The molecule has 2 aromatic rings. The van der Waals surface area contributed by atoms with Crippen LogP contribution < -0.4 is 5.43 Å². The van der Waals surface area contributed by atoms with Crippen molar-refractivity contribution >= 4 is 44.0 Å². The number of phenolic OH excluding ortho intramolecular Hbond substituents is 3. The molecule has 0 spiro atoms. The van der Waals surface area contributed by atoms with Gasteiger partial charge in [-0.15, -0.1) is 0 Å². The normalized spacial score (nSPS) is 10.8. The number of rotatable bonds is 3. The van der Waals surface area contributed by atoms with Crippen molar-refractivity contribution < 1.29 is 20.1 Å². The van der Waals surface area contributed by atoms with Gasteiger partial charge in [0, 0.05) is 5.56 Å². The molecule has 4 N–H and O–H groups in total. The smallest absolute Gasteiger partial charge is 0.275 e. The van der Waals surface area contributed by atoms with Crippen molar-refractivity contribution in [2.24, 2.45) is 5.10 Å². The molecule has 0 heterocycles. The van der Waals surface area contributed by atoms with Crippen LogP contribution in [0.25, 0.3) is 0 Å². The number of nitrogens with zero attached hydrogens (tertiary/aromatic N) is 1. The Labute approximate surface area is 142 Å². The van der Waals surface area contributed by atoms with Crippen LogP contribution in [0.1, 0.15) is 15.9 Å². The first-order chi connectivity index (χ1) is 10.4. The number of hydrogen-bond acceptors (Lipinski definition) is 5. The van der Waals surface area contributed by atoms with Gasteiger partial charge in [0.1, 0.15) is 21.7 Å². The average molecular weight is 430 g/mol. The van der Waals surface area contributed by atoms with E-state index >= 15 is 0 Å². The predicted octanol–water partition coefficient (Wildman–Crippen LogP) is 3.09. The molecule has 0 aliphatic heterocycles. The summed E-state index contributed by atoms with van der Waals surface area (Å²) >= 11 is 6.16. The summed E-state index contributed by atoms with van der Waals surface area (Å²) in [6, 6.07) is 7.48. The van der Waals surface area contributed by atoms with Gasteiger partial charge in [-0.3, -0.25) is 4.79 Å². The van der Waals surface area contributed by atoms with Gasteiger partial charge in [0.15, 0.2) is 0 Å². The van der Waals surface area contributed by atoms with E-state index in [9.17, 15) is 20.1 Å². The van der Waals surface area contributed by atoms with Gasteiger partial charge in [0.05, 0.1) is 16.3 Å². The number of halogens is 2. The Morgan fingerprint density at radius 3 is 2.50 bits per heavy atom. The molecule has 6 nitrogen and oxygen atoms in total. The molecular formula is C14H10Br2N2O4. The number of nitrogens with one attached hydrogen (secondary N) is 1. The van der Waals surface area contributed by atoms with E-state index in [2.05, 4.69) is 42.4 Å². The predicted molar refractivity (Wildman–Crippen MR) is 88.3 cm³/mol. The van der Waals surface area contributed by atoms with Crippen LogP contribution in [0.2, 0.25) is 0 Å². The minimum absolute atomic E-state index is 0.0805. The number of aromatic hydroxyl groups is 3. The van der Waals surface area contributed by atoms with Gasteiger partial charge >= 0.3 is 0 Å². The third kappa shape index (κ3) is 3.40. The van der Waals surface area contributed by atoms with Crippen LogP contribution in [0.5, 0.6) is 17.2 Å². The van der Waals surface area contributed by atoms with Gasteiger partial charge < -0.3 is 15.3 Å². The lowest BCUT2D eigenvalue weighted by Gasteiger charge is -2.06. The number of amides is 1. The first-order valence-electron chi connectivity index (χ1n) is 5.93. The summed E-state index contributed by atoms with van der Waals surface area (Å²) in [6.45, 7) is 0. The van der Waals surface area contributed by atoms with Gasteiger partial charge in [0.2, 0.25) is 0 Å². The molecular weight excluding hydrogens is 420 g/mol. The second-order valence-corrected chi connectivity index (χ2v) is 5.82. The summed E-state index contributed by atoms with van der Waals surface area (Å²) in [5.41, 5.74) is 2.59. The van der Waals surface area contributed by atoms with Crippen LogP contribution in [-0.2, 0) is 0 Å². The number of hydrazone groups is 1. The number of hydrogen-bond donors (Lipinski definition) is 4. The molecule has 0 aromatic heterocycles. The Morgan fingerprint density at radius 2 is 1.82 bits per heavy atom. The number of phenols is 3. The van der Waals surface area contributed by atoms with Crippen molar-refractivity contribution in [3.8, 4) is 17.2 Å². The average Bonchev–Trinajstić information content (AvgIpc) is 2.50. The van der Waals surface area contributed by atoms with Crippen molar-refractivity contribution in [3.63, 3.8) is 0 Å². The number of carbonyl (C=O) groups excluding carboxylic acids is 1. The molecule has 0 radical (unpaired) electrons. The maximum Gasteiger partial charge on any atom is 0.275 e. The zero-order chi connectivity index (χ0) is 16.3. The summed E-state index contributed by atoms with van der Waals surface area (Å²) in [5.74, 6) is -1.12. The van der Waals surface area contributed by atoms with Gasteiger partial charge in [0.25, 0.3) is 5.91 Å². The molecule has 0 saturated carbocycles. The summed E-state index contributed by atoms with van der Waals surface area (Å²) in [7, 11) is 0. The summed E-state index contributed by atoms with van der Waals surface area (Å²) in [4.78, 5) is 11.8. The Morgan fingerprint density at radius 1 is 1.14 bits per heavy atom. The summed E-state index contributed by atoms with van der Waals surface area (Å²) in [6.07, 6.45) is 1.21. The molecule has 1 amide bonds. The quantitative estimate of drug-likeness (QED) is 0.444. The van der Waals surface area contributed by atoms with E-state index in [1.165, 1.54) is 24.4 Å². The minimum atomic E-state index is -0.592. The summed E-state index contributed by atoms with van der Waals surface area (Å²) < 4.78 is 0.459. The highest BCUT2D eigenvalue weighted by Crippen LogP contribution is 2.40. The topological polar surface area (TPSA) is 102 Å². The Kier molecular flexibility index (Phi) is 5.04. The molecule has 8 heteroatoms. The van der Waals surface area contributed by atoms with Gasteiger partial charge in [-0.05, 0) is 50.1 Å². The van der Waals surface area contributed by atoms with E-state index < -0.39 is 5.91 Å². The number of carbonyl (C=O) groups is 1. The highest BCUT2D eigenvalue weighted by Gasteiger charge is 2.13. The molecule has 0 aliphatic carbocycles. The zero-order valence-corrected chi connectivity index (χ0v) is 14.1. The molecule has 114 valence electrons. The first kappa shape index (κ1) is 16.3. The van der Waals surface area contributed by atoms with E-state index in [4.69, 9.17) is 0 Å². The zero-order valence-electron chi connectivity index (χ0n) is 10.9. The van der Waals surface area contributed by atoms with E-state index in [0.717, 1.165) is 0 Å². The number of para-hydroxylation sites is 1. The van der Waals surface area contributed by atoms with Crippen molar-refractivity contribution in [1.29, 1.82) is 0 Å². The van der Waals surface area contributed by atoms with Crippen molar-refractivity contribution in [2.75, 3.05) is 0 Å². The lowest BCUT2D eigenvalue weighted by atomic mass is 10.2. The maximum absolute atomic E-state index is 11.8. The monoisotopic (exact) mass is 428 g/mol. The highest BCUT2D eigenvalue weighted by molar-refractivity contribution is 9.11. The van der Waals surface area contributed by atoms with Crippen LogP contribution in [0, 0.1) is 0 Å². The van der Waals surface area contributed by atoms with Crippen molar-refractivity contribution in [1.82, 2.24) is 5.43 Å². The fraction of sp³-hybridized carbons (Fsp3) is 0. The lowest BCUT2D eigenvalue weighted by molar-refractivity contribution is 0.0952. The highest BCUT2D eigenvalue weighted by atomic mass is 79.9. The molecule has 0 bridgehead atoms. The Hall–Kier alpha value is -2.06. The van der Waals surface area contributed by atoms with Crippen LogP contribution in [0.15, 0.2) is 44.4 Å². The third-order valence-electron chi connectivity index (χ3n) is 2.72. The van der Waals surface area contributed by atoms with E-state index in [1.807, 2.05) is 0 Å². The van der Waals surface area contributed by atoms with Gasteiger partial charge in [-0.25, -0.2) is 5.43 Å². The molecule has 0 fully saturated rings. The van der Waals surface area contributed by atoms with Crippen LogP contribution in [-0.4, -0.2) is 27.4 Å². The standard InChI is InChI=1S/C14H10Br2N2O4/c15-9-5-7(12(20)11(16)13(9)21)6-17-18-14(22)8-3-1-2-4-10(8)19/h1-6,19-21H,(H,18,22)/b17-6+. The fourth-order valence-corrected chi connectivity index (χ4v) is 2.76. The molecule has 0 unspecified atom stereocenters.